The Hall–Kier alpha value is -1.18. The van der Waals surface area contributed by atoms with Crippen molar-refractivity contribution in [2.24, 2.45) is 0 Å². The number of hydrogen-bond donors (Lipinski definition) is 1. The van der Waals surface area contributed by atoms with Gasteiger partial charge in [-0.05, 0) is 25.0 Å². The lowest BCUT2D eigenvalue weighted by molar-refractivity contribution is 0.184. The van der Waals surface area contributed by atoms with Crippen LogP contribution in [0.3, 0.4) is 0 Å². The molecule has 0 saturated heterocycles. The first-order valence-electron chi connectivity index (χ1n) is 5.40. The monoisotopic (exact) mass is 191 g/mol. The molecule has 0 amide bonds. The molecule has 2 nitrogen and oxygen atoms in total. The topological polar surface area (TPSA) is 21.3 Å². The number of nitrogens with one attached hydrogen (secondary N) is 1. The van der Waals surface area contributed by atoms with Gasteiger partial charge in [-0.25, -0.2) is 0 Å². The number of fused-ring (bicyclic) bond motifs is 1. The second kappa shape index (κ2) is 3.52. The second-order valence-corrected chi connectivity index (χ2v) is 3.63. The van der Waals surface area contributed by atoms with Crippen molar-refractivity contribution in [3.8, 4) is 5.75 Å². The van der Waals surface area contributed by atoms with E-state index in [2.05, 4.69) is 11.4 Å². The Morgan fingerprint density at radius 2 is 1.93 bits per heavy atom. The summed E-state index contributed by atoms with van der Waals surface area (Å²) in [4.78, 5) is 0. The van der Waals surface area contributed by atoms with Crippen LogP contribution >= 0.6 is 0 Å². The van der Waals surface area contributed by atoms with Crippen molar-refractivity contribution in [1.82, 2.24) is 0 Å². The minimum Gasteiger partial charge on any atom is -0.483 e. The molecule has 0 atom stereocenters. The Labute approximate surface area is 85.3 Å². The summed E-state index contributed by atoms with van der Waals surface area (Å²) < 4.78 is 5.87. The molecule has 2 aliphatic rings. The van der Waals surface area contributed by atoms with E-state index in [1.807, 2.05) is 32.0 Å². The van der Waals surface area contributed by atoms with Crippen LogP contribution in [0.2, 0.25) is 0 Å². The zero-order chi connectivity index (χ0) is 10.0. The van der Waals surface area contributed by atoms with Crippen molar-refractivity contribution >= 4 is 5.69 Å². The van der Waals surface area contributed by atoms with Gasteiger partial charge in [0.05, 0.1) is 12.2 Å². The predicted molar refractivity (Wildman–Crippen MR) is 58.9 cm³/mol. The molecule has 1 aromatic carbocycles. The highest BCUT2D eigenvalue weighted by Gasteiger charge is 2.47. The molecule has 3 rings (SSSR count). The van der Waals surface area contributed by atoms with Crippen molar-refractivity contribution < 1.29 is 4.74 Å². The van der Waals surface area contributed by atoms with Gasteiger partial charge >= 0.3 is 0 Å². The normalized spacial score (nSPS) is 19.6. The first-order valence-corrected chi connectivity index (χ1v) is 5.40. The third-order valence-corrected chi connectivity index (χ3v) is 2.62. The number of anilines is 1. The first kappa shape index (κ1) is 9.38. The molecule has 1 aliphatic carbocycles. The van der Waals surface area contributed by atoms with Gasteiger partial charge in [-0.2, -0.15) is 0 Å². The number of para-hydroxylation sites is 2. The largest absolute Gasteiger partial charge is 0.483 e. The Bertz CT molecular complexity index is 318. The minimum absolute atomic E-state index is 0.161. The lowest BCUT2D eigenvalue weighted by Gasteiger charge is -2.27. The predicted octanol–water partition coefficient (Wildman–Crippen LogP) is 3.05. The van der Waals surface area contributed by atoms with Gasteiger partial charge in [0.1, 0.15) is 11.4 Å². The van der Waals surface area contributed by atoms with Gasteiger partial charge in [-0.1, -0.05) is 26.0 Å². The van der Waals surface area contributed by atoms with Crippen LogP contribution in [0, 0.1) is 0 Å². The van der Waals surface area contributed by atoms with Gasteiger partial charge in [0, 0.05) is 0 Å². The van der Waals surface area contributed by atoms with E-state index < -0.39 is 0 Å². The average Bonchev–Trinajstić information content (AvgIpc) is 3.01. The lowest BCUT2D eigenvalue weighted by Crippen LogP contribution is -2.32. The summed E-state index contributed by atoms with van der Waals surface area (Å²) in [6.07, 6.45) is 2.41. The average molecular weight is 191 g/mol. The van der Waals surface area contributed by atoms with E-state index in [0.29, 0.717) is 0 Å². The van der Waals surface area contributed by atoms with Crippen LogP contribution in [0.4, 0.5) is 5.69 Å². The van der Waals surface area contributed by atoms with Crippen molar-refractivity contribution in [3.63, 3.8) is 0 Å². The molecule has 0 radical (unpaired) electrons. The standard InChI is InChI=1S/C10H11NO.C2H6/c1-2-4-9-8(3-1)11-7-10(12-9)5-6-10;1-2/h1-4,11H,5-7H2;1-2H3. The Morgan fingerprint density at radius 1 is 1.21 bits per heavy atom. The first-order chi connectivity index (χ1) is 6.88. The molecule has 0 bridgehead atoms. The van der Waals surface area contributed by atoms with Crippen molar-refractivity contribution in [1.29, 1.82) is 0 Å². The molecule has 1 N–H and O–H groups in total. The van der Waals surface area contributed by atoms with E-state index in [1.165, 1.54) is 12.8 Å². The molecule has 1 saturated carbocycles. The van der Waals surface area contributed by atoms with Crippen LogP contribution in [0.5, 0.6) is 5.75 Å². The van der Waals surface area contributed by atoms with Crippen LogP contribution in [-0.2, 0) is 0 Å². The third-order valence-electron chi connectivity index (χ3n) is 2.62. The molecule has 1 spiro atoms. The number of hydrogen-bond acceptors (Lipinski definition) is 2. The summed E-state index contributed by atoms with van der Waals surface area (Å²) in [5, 5.41) is 3.39. The molecular formula is C12H17NO. The molecule has 1 aromatic rings. The molecule has 14 heavy (non-hydrogen) atoms. The van der Waals surface area contributed by atoms with Gasteiger partial charge in [-0.3, -0.25) is 0 Å². The SMILES string of the molecule is CC.c1ccc2c(c1)NCC1(CC1)O2. The van der Waals surface area contributed by atoms with Crippen LogP contribution < -0.4 is 10.1 Å². The van der Waals surface area contributed by atoms with E-state index in [1.54, 1.807) is 0 Å². The van der Waals surface area contributed by atoms with Gasteiger partial charge in [-0.15, -0.1) is 0 Å². The van der Waals surface area contributed by atoms with Gasteiger partial charge in [0.2, 0.25) is 0 Å². The summed E-state index contributed by atoms with van der Waals surface area (Å²) >= 11 is 0. The molecule has 1 heterocycles. The Balaban J connectivity index is 0.000000354. The maximum atomic E-state index is 5.87. The molecule has 2 heteroatoms. The summed E-state index contributed by atoms with van der Waals surface area (Å²) in [5.41, 5.74) is 1.30. The number of benzene rings is 1. The fourth-order valence-electron chi connectivity index (χ4n) is 1.65. The summed E-state index contributed by atoms with van der Waals surface area (Å²) in [6.45, 7) is 4.98. The maximum absolute atomic E-state index is 5.87. The van der Waals surface area contributed by atoms with Crippen LogP contribution in [0.15, 0.2) is 24.3 Å². The van der Waals surface area contributed by atoms with Crippen molar-refractivity contribution in [2.75, 3.05) is 11.9 Å². The number of ether oxygens (including phenoxy) is 1. The molecule has 0 aromatic heterocycles. The number of rotatable bonds is 0. The van der Waals surface area contributed by atoms with E-state index in [-0.39, 0.29) is 5.60 Å². The quantitative estimate of drug-likeness (QED) is 0.680. The van der Waals surface area contributed by atoms with Crippen molar-refractivity contribution in [2.45, 2.75) is 32.3 Å². The summed E-state index contributed by atoms with van der Waals surface area (Å²) in [6, 6.07) is 8.13. The van der Waals surface area contributed by atoms with E-state index >= 15 is 0 Å². The lowest BCUT2D eigenvalue weighted by atomic mass is 10.2. The molecule has 0 unspecified atom stereocenters. The van der Waals surface area contributed by atoms with Crippen LogP contribution in [0.1, 0.15) is 26.7 Å². The Kier molecular flexibility index (Phi) is 2.36. The highest BCUT2D eigenvalue weighted by Crippen LogP contribution is 2.45. The van der Waals surface area contributed by atoms with Crippen LogP contribution in [0.25, 0.3) is 0 Å². The summed E-state index contributed by atoms with van der Waals surface area (Å²) in [7, 11) is 0. The zero-order valence-electron chi connectivity index (χ0n) is 8.84. The van der Waals surface area contributed by atoms with Gasteiger partial charge in [0.15, 0.2) is 0 Å². The van der Waals surface area contributed by atoms with Crippen molar-refractivity contribution in [3.05, 3.63) is 24.3 Å². The van der Waals surface area contributed by atoms with E-state index in [4.69, 9.17) is 4.74 Å². The summed E-state index contributed by atoms with van der Waals surface area (Å²) in [5.74, 6) is 1.02. The van der Waals surface area contributed by atoms with Gasteiger partial charge < -0.3 is 10.1 Å². The zero-order valence-corrected chi connectivity index (χ0v) is 8.84. The van der Waals surface area contributed by atoms with Gasteiger partial charge in [0.25, 0.3) is 0 Å². The highest BCUT2D eigenvalue weighted by molar-refractivity contribution is 5.58. The third kappa shape index (κ3) is 1.57. The van der Waals surface area contributed by atoms with E-state index in [9.17, 15) is 0 Å². The molecule has 76 valence electrons. The smallest absolute Gasteiger partial charge is 0.143 e. The second-order valence-electron chi connectivity index (χ2n) is 3.63. The maximum Gasteiger partial charge on any atom is 0.143 e. The Morgan fingerprint density at radius 3 is 2.64 bits per heavy atom. The highest BCUT2D eigenvalue weighted by atomic mass is 16.5. The molecule has 1 fully saturated rings. The molecule has 1 aliphatic heterocycles. The minimum atomic E-state index is 0.161. The van der Waals surface area contributed by atoms with Crippen LogP contribution in [-0.4, -0.2) is 12.1 Å². The fraction of sp³-hybridized carbons (Fsp3) is 0.500. The molecular weight excluding hydrogens is 174 g/mol. The van der Waals surface area contributed by atoms with E-state index in [0.717, 1.165) is 18.0 Å². The fourth-order valence-corrected chi connectivity index (χ4v) is 1.65.